The van der Waals surface area contributed by atoms with Gasteiger partial charge in [-0.2, -0.15) is 0 Å². The summed E-state index contributed by atoms with van der Waals surface area (Å²) in [6.45, 7) is 3.98. The van der Waals surface area contributed by atoms with E-state index < -0.39 is 17.6 Å². The number of benzene rings is 2. The minimum atomic E-state index is -0.616. The van der Waals surface area contributed by atoms with Crippen LogP contribution in [0.1, 0.15) is 16.0 Å². The molecule has 29 heavy (non-hydrogen) atoms. The van der Waals surface area contributed by atoms with E-state index in [0.29, 0.717) is 10.6 Å². The van der Waals surface area contributed by atoms with Gasteiger partial charge in [0.15, 0.2) is 0 Å². The zero-order valence-electron chi connectivity index (χ0n) is 15.6. The maximum absolute atomic E-state index is 13.6. The molecule has 0 spiro atoms. The van der Waals surface area contributed by atoms with E-state index in [-0.39, 0.29) is 22.0 Å². The highest BCUT2D eigenvalue weighted by Gasteiger charge is 2.40. The number of thiophene rings is 1. The molecule has 1 aromatic heterocycles. The molecule has 4 nitrogen and oxygen atoms in total. The zero-order valence-corrected chi connectivity index (χ0v) is 17.2. The van der Waals surface area contributed by atoms with Crippen molar-refractivity contribution in [2.45, 2.75) is 13.8 Å². The molecule has 1 N–H and O–H groups in total. The van der Waals surface area contributed by atoms with Crippen molar-refractivity contribution in [1.82, 2.24) is 0 Å². The van der Waals surface area contributed by atoms with Crippen LogP contribution in [0.5, 0.6) is 0 Å². The maximum Gasteiger partial charge on any atom is 0.282 e. The molecule has 3 aromatic rings. The molecule has 0 aliphatic carbocycles. The lowest BCUT2D eigenvalue weighted by atomic mass is 10.1. The van der Waals surface area contributed by atoms with Crippen molar-refractivity contribution >= 4 is 51.7 Å². The predicted molar refractivity (Wildman–Crippen MR) is 115 cm³/mol. The summed E-state index contributed by atoms with van der Waals surface area (Å²) in [7, 11) is 0. The summed E-state index contributed by atoms with van der Waals surface area (Å²) in [5.41, 5.74) is 3.58. The van der Waals surface area contributed by atoms with Crippen LogP contribution >= 0.6 is 22.9 Å². The Morgan fingerprint density at radius 3 is 2.45 bits per heavy atom. The highest BCUT2D eigenvalue weighted by molar-refractivity contribution is 7.11. The molecule has 0 atom stereocenters. The number of hydrogen-bond donors (Lipinski definition) is 1. The second kappa shape index (κ2) is 7.46. The summed E-state index contributed by atoms with van der Waals surface area (Å²) in [4.78, 5) is 28.1. The van der Waals surface area contributed by atoms with Crippen LogP contribution < -0.4 is 10.2 Å². The molecule has 4 rings (SSSR count). The fourth-order valence-electron chi connectivity index (χ4n) is 3.12. The van der Waals surface area contributed by atoms with E-state index in [1.807, 2.05) is 43.5 Å². The van der Waals surface area contributed by atoms with E-state index in [1.54, 1.807) is 6.07 Å². The summed E-state index contributed by atoms with van der Waals surface area (Å²) in [5.74, 6) is -1.61. The van der Waals surface area contributed by atoms with Crippen molar-refractivity contribution in [2.24, 2.45) is 0 Å². The van der Waals surface area contributed by atoms with Gasteiger partial charge in [-0.15, -0.1) is 11.3 Å². The maximum atomic E-state index is 13.6. The van der Waals surface area contributed by atoms with Crippen molar-refractivity contribution in [3.8, 4) is 0 Å². The number of amides is 2. The van der Waals surface area contributed by atoms with Gasteiger partial charge in [0.1, 0.15) is 11.5 Å². The number of anilines is 2. The third-order valence-electron chi connectivity index (χ3n) is 4.79. The Balaban J connectivity index is 1.80. The molecular weight excluding hydrogens is 411 g/mol. The van der Waals surface area contributed by atoms with Crippen LogP contribution in [0, 0.1) is 19.7 Å². The Bertz CT molecular complexity index is 1170. The quantitative estimate of drug-likeness (QED) is 0.556. The second-order valence-electron chi connectivity index (χ2n) is 6.70. The van der Waals surface area contributed by atoms with Gasteiger partial charge in [-0.05, 0) is 66.8 Å². The smallest absolute Gasteiger partial charge is 0.282 e. The van der Waals surface area contributed by atoms with E-state index in [9.17, 15) is 14.0 Å². The molecule has 2 heterocycles. The number of rotatable bonds is 4. The average molecular weight is 427 g/mol. The molecule has 0 fully saturated rings. The van der Waals surface area contributed by atoms with E-state index in [1.165, 1.54) is 23.5 Å². The van der Waals surface area contributed by atoms with Crippen LogP contribution in [0.25, 0.3) is 5.57 Å². The minimum Gasteiger partial charge on any atom is -0.350 e. The molecule has 2 aromatic carbocycles. The van der Waals surface area contributed by atoms with Gasteiger partial charge in [-0.1, -0.05) is 23.7 Å². The third kappa shape index (κ3) is 3.45. The van der Waals surface area contributed by atoms with Crippen LogP contribution in [0.2, 0.25) is 5.02 Å². The number of carbonyl (C=O) groups excluding carboxylic acids is 2. The zero-order chi connectivity index (χ0) is 20.7. The standard InChI is InChI=1S/C22H16ClFN2O2S/c1-12-5-6-14(10-13(12)2)25-20-19(18-4-3-9-29-18)21(27)26(22(20)28)15-7-8-17(24)16(23)11-15/h3-11,25H,1-2H3. The van der Waals surface area contributed by atoms with Gasteiger partial charge < -0.3 is 5.32 Å². The van der Waals surface area contributed by atoms with Crippen LogP contribution in [-0.2, 0) is 9.59 Å². The van der Waals surface area contributed by atoms with Crippen molar-refractivity contribution < 1.29 is 14.0 Å². The number of imide groups is 1. The first kappa shape index (κ1) is 19.4. The number of nitrogens with one attached hydrogen (secondary N) is 1. The average Bonchev–Trinajstić information content (AvgIpc) is 3.28. The molecule has 0 bridgehead atoms. The molecular formula is C22H16ClFN2O2S. The van der Waals surface area contributed by atoms with Gasteiger partial charge in [0.05, 0.1) is 16.3 Å². The molecule has 0 saturated heterocycles. The molecule has 1 aliphatic rings. The monoisotopic (exact) mass is 426 g/mol. The van der Waals surface area contributed by atoms with Gasteiger partial charge >= 0.3 is 0 Å². The van der Waals surface area contributed by atoms with Crippen LogP contribution in [-0.4, -0.2) is 11.8 Å². The lowest BCUT2D eigenvalue weighted by Crippen LogP contribution is -2.32. The van der Waals surface area contributed by atoms with Crippen molar-refractivity contribution in [1.29, 1.82) is 0 Å². The first-order chi connectivity index (χ1) is 13.9. The molecule has 146 valence electrons. The molecule has 0 unspecified atom stereocenters. The van der Waals surface area contributed by atoms with Gasteiger partial charge in [-0.3, -0.25) is 9.59 Å². The number of hydrogen-bond acceptors (Lipinski definition) is 4. The van der Waals surface area contributed by atoms with Crippen LogP contribution in [0.4, 0.5) is 15.8 Å². The number of carbonyl (C=O) groups is 2. The topological polar surface area (TPSA) is 49.4 Å². The fraction of sp³-hybridized carbons (Fsp3) is 0.0909. The predicted octanol–water partition coefficient (Wildman–Crippen LogP) is 5.55. The lowest BCUT2D eigenvalue weighted by Gasteiger charge is -2.16. The Kier molecular flexibility index (Phi) is 4.98. The normalized spacial score (nSPS) is 14.1. The SMILES string of the molecule is Cc1ccc(NC2=C(c3cccs3)C(=O)N(c3ccc(F)c(Cl)c3)C2=O)cc1C. The summed E-state index contributed by atoms with van der Waals surface area (Å²) in [6.07, 6.45) is 0. The van der Waals surface area contributed by atoms with Crippen LogP contribution in [0.15, 0.2) is 59.6 Å². The minimum absolute atomic E-state index is 0.156. The molecule has 0 saturated carbocycles. The van der Waals surface area contributed by atoms with Gasteiger partial charge in [-0.25, -0.2) is 9.29 Å². The summed E-state index contributed by atoms with van der Waals surface area (Å²) >= 11 is 7.24. The van der Waals surface area contributed by atoms with E-state index in [0.717, 1.165) is 22.1 Å². The fourth-order valence-corrected chi connectivity index (χ4v) is 4.06. The van der Waals surface area contributed by atoms with E-state index in [2.05, 4.69) is 5.32 Å². The number of nitrogens with zero attached hydrogens (tertiary/aromatic N) is 1. The number of aryl methyl sites for hydroxylation is 2. The van der Waals surface area contributed by atoms with E-state index >= 15 is 0 Å². The van der Waals surface area contributed by atoms with Gasteiger partial charge in [0.2, 0.25) is 0 Å². The summed E-state index contributed by atoms with van der Waals surface area (Å²) < 4.78 is 13.6. The molecule has 2 amide bonds. The largest absolute Gasteiger partial charge is 0.350 e. The third-order valence-corrected chi connectivity index (χ3v) is 5.97. The van der Waals surface area contributed by atoms with E-state index in [4.69, 9.17) is 11.6 Å². The summed E-state index contributed by atoms with van der Waals surface area (Å²) in [6, 6.07) is 13.1. The Labute approximate surface area is 176 Å². The van der Waals surface area contributed by atoms with Crippen molar-refractivity contribution in [2.75, 3.05) is 10.2 Å². The highest BCUT2D eigenvalue weighted by Crippen LogP contribution is 2.36. The van der Waals surface area contributed by atoms with Crippen LogP contribution in [0.3, 0.4) is 0 Å². The lowest BCUT2D eigenvalue weighted by molar-refractivity contribution is -0.120. The first-order valence-electron chi connectivity index (χ1n) is 8.83. The van der Waals surface area contributed by atoms with Crippen molar-refractivity contribution in [3.05, 3.63) is 86.5 Å². The van der Waals surface area contributed by atoms with Crippen molar-refractivity contribution in [3.63, 3.8) is 0 Å². The Morgan fingerprint density at radius 2 is 1.79 bits per heavy atom. The molecule has 7 heteroatoms. The molecule has 0 radical (unpaired) electrons. The number of halogens is 2. The second-order valence-corrected chi connectivity index (χ2v) is 8.05. The molecule has 1 aliphatic heterocycles. The Morgan fingerprint density at radius 1 is 1.00 bits per heavy atom. The highest BCUT2D eigenvalue weighted by atomic mass is 35.5. The Hall–Kier alpha value is -2.96. The van der Waals surface area contributed by atoms with Gasteiger partial charge in [0.25, 0.3) is 11.8 Å². The first-order valence-corrected chi connectivity index (χ1v) is 10.1. The van der Waals surface area contributed by atoms with Gasteiger partial charge in [0, 0.05) is 10.6 Å². The summed E-state index contributed by atoms with van der Waals surface area (Å²) in [5, 5.41) is 4.80.